The number of carbonyl (C=O) groups is 1. The fraction of sp³-hybridized carbons (Fsp3) is 0.316. The van der Waals surface area contributed by atoms with Gasteiger partial charge in [-0.05, 0) is 36.8 Å². The minimum absolute atomic E-state index is 0.140. The van der Waals surface area contributed by atoms with Crippen molar-refractivity contribution in [1.29, 1.82) is 0 Å². The van der Waals surface area contributed by atoms with Crippen LogP contribution in [0, 0.1) is 12.7 Å². The van der Waals surface area contributed by atoms with E-state index >= 15 is 0 Å². The molecule has 2 aromatic carbocycles. The molecule has 0 aliphatic carbocycles. The molecule has 1 saturated heterocycles. The Hall–Kier alpha value is -2.27. The summed E-state index contributed by atoms with van der Waals surface area (Å²) in [5.74, 6) is 0.185. The summed E-state index contributed by atoms with van der Waals surface area (Å²) < 4.78 is 18.8. The summed E-state index contributed by atoms with van der Waals surface area (Å²) in [4.78, 5) is 16.4. The quantitative estimate of drug-likeness (QED) is 0.833. The number of carbonyl (C=O) groups excluding carboxylic acids is 1. The predicted molar refractivity (Wildman–Crippen MR) is 97.3 cm³/mol. The minimum Gasteiger partial charge on any atom is -0.495 e. The van der Waals surface area contributed by atoms with E-state index in [1.807, 2.05) is 19.1 Å². The first-order valence-electron chi connectivity index (χ1n) is 8.13. The van der Waals surface area contributed by atoms with Gasteiger partial charge in [-0.25, -0.2) is 4.39 Å². The van der Waals surface area contributed by atoms with Crippen LogP contribution in [-0.2, 0) is 0 Å². The fourth-order valence-electron chi connectivity index (χ4n) is 3.01. The van der Waals surface area contributed by atoms with Crippen molar-refractivity contribution < 1.29 is 13.9 Å². The van der Waals surface area contributed by atoms with E-state index in [-0.39, 0.29) is 5.91 Å². The van der Waals surface area contributed by atoms with Gasteiger partial charge in [0.15, 0.2) is 0 Å². The van der Waals surface area contributed by atoms with E-state index in [1.165, 1.54) is 12.1 Å². The van der Waals surface area contributed by atoms with Gasteiger partial charge in [0, 0.05) is 42.8 Å². The lowest BCUT2D eigenvalue weighted by Gasteiger charge is -2.37. The van der Waals surface area contributed by atoms with Gasteiger partial charge in [0.1, 0.15) is 11.6 Å². The molecule has 2 aromatic rings. The highest BCUT2D eigenvalue weighted by Gasteiger charge is 2.24. The van der Waals surface area contributed by atoms with Crippen LogP contribution in [-0.4, -0.2) is 44.1 Å². The number of piperazine rings is 1. The van der Waals surface area contributed by atoms with Crippen molar-refractivity contribution in [2.45, 2.75) is 6.92 Å². The first-order chi connectivity index (χ1) is 12.0. The molecule has 0 bridgehead atoms. The number of aryl methyl sites for hydroxylation is 1. The average Bonchev–Trinajstić information content (AvgIpc) is 2.63. The molecular formula is C19H20ClFN2O2. The van der Waals surface area contributed by atoms with E-state index in [1.54, 1.807) is 24.1 Å². The maximum atomic E-state index is 13.3. The maximum Gasteiger partial charge on any atom is 0.254 e. The number of methoxy groups -OCH3 is 1. The lowest BCUT2D eigenvalue weighted by atomic mass is 10.1. The molecule has 0 atom stereocenters. The highest BCUT2D eigenvalue weighted by atomic mass is 35.5. The molecule has 25 heavy (non-hydrogen) atoms. The molecule has 0 saturated carbocycles. The first-order valence-corrected chi connectivity index (χ1v) is 8.51. The highest BCUT2D eigenvalue weighted by molar-refractivity contribution is 6.31. The molecule has 0 aromatic heterocycles. The van der Waals surface area contributed by atoms with Crippen LogP contribution in [0.4, 0.5) is 10.1 Å². The lowest BCUT2D eigenvalue weighted by Crippen LogP contribution is -2.48. The van der Waals surface area contributed by atoms with Gasteiger partial charge in [0.25, 0.3) is 5.91 Å². The van der Waals surface area contributed by atoms with Crippen LogP contribution in [0.15, 0.2) is 36.4 Å². The standard InChI is InChI=1S/C19H20ClFN2O2/c1-13-10-17(18(25-2)12-16(13)20)22-6-8-23(9-7-22)19(24)14-4-3-5-15(21)11-14/h3-5,10-12H,6-9H2,1-2H3. The molecule has 4 nitrogen and oxygen atoms in total. The Bertz CT molecular complexity index is 789. The average molecular weight is 363 g/mol. The van der Waals surface area contributed by atoms with Crippen LogP contribution in [0.1, 0.15) is 15.9 Å². The van der Waals surface area contributed by atoms with Gasteiger partial charge in [0.05, 0.1) is 12.8 Å². The van der Waals surface area contributed by atoms with Crippen molar-refractivity contribution in [2.24, 2.45) is 0 Å². The Balaban J connectivity index is 1.72. The van der Waals surface area contributed by atoms with Crippen molar-refractivity contribution in [3.63, 3.8) is 0 Å². The monoisotopic (exact) mass is 362 g/mol. The number of ether oxygens (including phenoxy) is 1. The number of anilines is 1. The number of halogens is 2. The third kappa shape index (κ3) is 3.71. The summed E-state index contributed by atoms with van der Waals surface area (Å²) in [5, 5.41) is 0.667. The zero-order chi connectivity index (χ0) is 18.0. The summed E-state index contributed by atoms with van der Waals surface area (Å²) in [5.41, 5.74) is 2.34. The molecule has 1 amide bonds. The van der Waals surface area contributed by atoms with Gasteiger partial charge < -0.3 is 14.5 Å². The molecule has 0 N–H and O–H groups in total. The summed E-state index contributed by atoms with van der Waals surface area (Å²) in [6, 6.07) is 9.63. The van der Waals surface area contributed by atoms with Crippen LogP contribution in [0.5, 0.6) is 5.75 Å². The number of rotatable bonds is 3. The van der Waals surface area contributed by atoms with Crippen molar-refractivity contribution in [1.82, 2.24) is 4.90 Å². The molecule has 0 unspecified atom stereocenters. The summed E-state index contributed by atoms with van der Waals surface area (Å²) in [7, 11) is 1.62. The second-order valence-electron chi connectivity index (χ2n) is 6.06. The predicted octanol–water partition coefficient (Wildman–Crippen LogP) is 3.76. The van der Waals surface area contributed by atoms with E-state index in [2.05, 4.69) is 4.90 Å². The van der Waals surface area contributed by atoms with Crippen molar-refractivity contribution in [3.8, 4) is 5.75 Å². The van der Waals surface area contributed by atoms with E-state index in [9.17, 15) is 9.18 Å². The molecule has 1 aliphatic heterocycles. The van der Waals surface area contributed by atoms with Gasteiger partial charge >= 0.3 is 0 Å². The molecule has 0 spiro atoms. The molecule has 1 fully saturated rings. The third-order valence-corrected chi connectivity index (χ3v) is 4.85. The molecule has 132 valence electrons. The molecule has 6 heteroatoms. The van der Waals surface area contributed by atoms with E-state index in [0.29, 0.717) is 36.8 Å². The number of nitrogens with zero attached hydrogens (tertiary/aromatic N) is 2. The molecule has 1 aliphatic rings. The molecule has 3 rings (SSSR count). The SMILES string of the molecule is COc1cc(Cl)c(C)cc1N1CCN(C(=O)c2cccc(F)c2)CC1. The van der Waals surface area contributed by atoms with Gasteiger partial charge in [-0.2, -0.15) is 0 Å². The molecular weight excluding hydrogens is 343 g/mol. The molecule has 0 radical (unpaired) electrons. The van der Waals surface area contributed by atoms with Crippen molar-refractivity contribution in [3.05, 3.63) is 58.4 Å². The smallest absolute Gasteiger partial charge is 0.254 e. The van der Waals surface area contributed by atoms with E-state index < -0.39 is 5.82 Å². The summed E-state index contributed by atoms with van der Waals surface area (Å²) in [6.07, 6.45) is 0. The Morgan fingerprint density at radius 3 is 2.52 bits per heavy atom. The zero-order valence-electron chi connectivity index (χ0n) is 14.3. The highest BCUT2D eigenvalue weighted by Crippen LogP contribution is 2.34. The largest absolute Gasteiger partial charge is 0.495 e. The maximum absolute atomic E-state index is 13.3. The van der Waals surface area contributed by atoms with Gasteiger partial charge in [-0.3, -0.25) is 4.79 Å². The Morgan fingerprint density at radius 2 is 1.88 bits per heavy atom. The Kier molecular flexibility index (Phi) is 5.13. The van der Waals surface area contributed by atoms with Crippen LogP contribution in [0.25, 0.3) is 0 Å². The first kappa shape index (κ1) is 17.5. The van der Waals surface area contributed by atoms with E-state index in [4.69, 9.17) is 16.3 Å². The topological polar surface area (TPSA) is 32.8 Å². The number of hydrogen-bond acceptors (Lipinski definition) is 3. The van der Waals surface area contributed by atoms with Crippen LogP contribution in [0.3, 0.4) is 0 Å². The number of benzene rings is 2. The fourth-order valence-corrected chi connectivity index (χ4v) is 3.17. The van der Waals surface area contributed by atoms with Gasteiger partial charge in [0.2, 0.25) is 0 Å². The summed E-state index contributed by atoms with van der Waals surface area (Å²) >= 11 is 6.17. The van der Waals surface area contributed by atoms with Crippen LogP contribution >= 0.6 is 11.6 Å². The van der Waals surface area contributed by atoms with Crippen molar-refractivity contribution in [2.75, 3.05) is 38.2 Å². The zero-order valence-corrected chi connectivity index (χ0v) is 15.0. The lowest BCUT2D eigenvalue weighted by molar-refractivity contribution is 0.0746. The second-order valence-corrected chi connectivity index (χ2v) is 6.47. The normalized spacial score (nSPS) is 14.6. The van der Waals surface area contributed by atoms with Gasteiger partial charge in [-0.15, -0.1) is 0 Å². The minimum atomic E-state index is -0.397. The second kappa shape index (κ2) is 7.31. The Labute approximate surface area is 151 Å². The van der Waals surface area contributed by atoms with Gasteiger partial charge in [-0.1, -0.05) is 17.7 Å². The number of amides is 1. The third-order valence-electron chi connectivity index (χ3n) is 4.44. The molecule has 1 heterocycles. The van der Waals surface area contributed by atoms with Crippen molar-refractivity contribution >= 4 is 23.2 Å². The Morgan fingerprint density at radius 1 is 1.16 bits per heavy atom. The van der Waals surface area contributed by atoms with Crippen LogP contribution in [0.2, 0.25) is 5.02 Å². The summed E-state index contributed by atoms with van der Waals surface area (Å²) in [6.45, 7) is 4.45. The van der Waals surface area contributed by atoms with E-state index in [0.717, 1.165) is 17.0 Å². The number of hydrogen-bond donors (Lipinski definition) is 0. The van der Waals surface area contributed by atoms with Crippen LogP contribution < -0.4 is 9.64 Å².